The summed E-state index contributed by atoms with van der Waals surface area (Å²) in [4.78, 5) is 4.53. The number of nitrogens with one attached hydrogen (secondary N) is 1. The molecule has 0 saturated heterocycles. The Balaban J connectivity index is 1.79. The van der Waals surface area contributed by atoms with E-state index in [1.54, 1.807) is 11.3 Å². The van der Waals surface area contributed by atoms with Crippen LogP contribution < -0.4 is 5.32 Å². The summed E-state index contributed by atoms with van der Waals surface area (Å²) in [6.45, 7) is 6.58. The lowest BCUT2D eigenvalue weighted by Crippen LogP contribution is -2.23. The summed E-state index contributed by atoms with van der Waals surface area (Å²) < 4.78 is 1.25. The number of aryl methyl sites for hydroxylation is 1. The highest BCUT2D eigenvalue weighted by molar-refractivity contribution is 7.17. The maximum absolute atomic E-state index is 4.53. The van der Waals surface area contributed by atoms with Crippen molar-refractivity contribution in [3.63, 3.8) is 0 Å². The topological polar surface area (TPSA) is 24.9 Å². The van der Waals surface area contributed by atoms with Gasteiger partial charge in [-0.25, -0.2) is 0 Å². The fourth-order valence-corrected chi connectivity index (χ4v) is 3.52. The second-order valence-electron chi connectivity index (χ2n) is 5.54. The second-order valence-corrected chi connectivity index (χ2v) is 6.49. The first-order chi connectivity index (χ1) is 10.1. The lowest BCUT2D eigenvalue weighted by atomic mass is 10.0. The molecule has 1 unspecified atom stereocenters. The third kappa shape index (κ3) is 2.99. The quantitative estimate of drug-likeness (QED) is 0.731. The highest BCUT2D eigenvalue weighted by Gasteiger charge is 2.13. The van der Waals surface area contributed by atoms with Crippen molar-refractivity contribution in [3.8, 4) is 0 Å². The van der Waals surface area contributed by atoms with Crippen LogP contribution in [0, 0.1) is 6.92 Å². The Labute approximate surface area is 129 Å². The van der Waals surface area contributed by atoms with Gasteiger partial charge in [-0.15, -0.1) is 11.3 Å². The molecule has 2 aromatic heterocycles. The van der Waals surface area contributed by atoms with Gasteiger partial charge in [0.15, 0.2) is 0 Å². The Bertz CT molecular complexity index is 748. The highest BCUT2D eigenvalue weighted by Crippen LogP contribution is 2.25. The lowest BCUT2D eigenvalue weighted by Gasteiger charge is -2.22. The summed E-state index contributed by atoms with van der Waals surface area (Å²) in [5, 5.41) is 5.77. The van der Waals surface area contributed by atoms with Gasteiger partial charge in [-0.05, 0) is 55.0 Å². The highest BCUT2D eigenvalue weighted by atomic mass is 32.1. The van der Waals surface area contributed by atoms with Crippen molar-refractivity contribution in [3.05, 3.63) is 64.7 Å². The zero-order valence-electron chi connectivity index (χ0n) is 12.6. The Kier molecular flexibility index (Phi) is 4.04. The van der Waals surface area contributed by atoms with Crippen LogP contribution in [0.15, 0.2) is 48.0 Å². The van der Waals surface area contributed by atoms with Crippen molar-refractivity contribution in [2.24, 2.45) is 0 Å². The van der Waals surface area contributed by atoms with Crippen LogP contribution in [0.3, 0.4) is 0 Å². The van der Waals surface area contributed by atoms with Gasteiger partial charge < -0.3 is 5.32 Å². The van der Waals surface area contributed by atoms with Crippen molar-refractivity contribution in [2.75, 3.05) is 0 Å². The van der Waals surface area contributed by atoms with E-state index in [2.05, 4.69) is 72.9 Å². The van der Waals surface area contributed by atoms with Gasteiger partial charge in [0.05, 0.1) is 10.2 Å². The molecule has 108 valence electrons. The minimum Gasteiger partial charge on any atom is -0.304 e. The molecule has 1 N–H and O–H groups in total. The van der Waals surface area contributed by atoms with Crippen LogP contribution in [-0.4, -0.2) is 4.98 Å². The van der Waals surface area contributed by atoms with Gasteiger partial charge in [0, 0.05) is 18.3 Å². The molecule has 2 nitrogen and oxygen atoms in total. The Morgan fingerprint density at radius 3 is 2.71 bits per heavy atom. The summed E-state index contributed by atoms with van der Waals surface area (Å²) in [7, 11) is 0. The van der Waals surface area contributed by atoms with Crippen LogP contribution in [0.5, 0.6) is 0 Å². The normalized spacial score (nSPS) is 14.2. The number of hydrogen-bond donors (Lipinski definition) is 1. The molecule has 0 aliphatic rings. The van der Waals surface area contributed by atoms with Crippen molar-refractivity contribution in [1.82, 2.24) is 10.3 Å². The molecular formula is C18H20N2S. The molecule has 0 aliphatic heterocycles. The van der Waals surface area contributed by atoms with E-state index in [0.29, 0.717) is 6.04 Å². The molecule has 0 amide bonds. The van der Waals surface area contributed by atoms with Crippen molar-refractivity contribution >= 4 is 21.6 Å². The third-order valence-corrected chi connectivity index (χ3v) is 4.83. The summed E-state index contributed by atoms with van der Waals surface area (Å²) >= 11 is 1.75. The summed E-state index contributed by atoms with van der Waals surface area (Å²) in [6.07, 6.45) is 1.98. The molecule has 2 atom stereocenters. The van der Waals surface area contributed by atoms with E-state index in [4.69, 9.17) is 0 Å². The first-order valence-corrected chi connectivity index (χ1v) is 8.18. The lowest BCUT2D eigenvalue weighted by molar-refractivity contribution is 0.493. The predicted molar refractivity (Wildman–Crippen MR) is 90.8 cm³/mol. The van der Waals surface area contributed by atoms with E-state index in [1.807, 2.05) is 6.20 Å². The summed E-state index contributed by atoms with van der Waals surface area (Å²) in [5.41, 5.74) is 5.01. The molecule has 21 heavy (non-hydrogen) atoms. The number of hydrogen-bond acceptors (Lipinski definition) is 3. The van der Waals surface area contributed by atoms with Crippen LogP contribution in [-0.2, 0) is 0 Å². The maximum Gasteiger partial charge on any atom is 0.0809 e. The number of thiophene rings is 1. The Morgan fingerprint density at radius 1 is 1.10 bits per heavy atom. The first kappa shape index (κ1) is 14.2. The van der Waals surface area contributed by atoms with Gasteiger partial charge in [0.25, 0.3) is 0 Å². The zero-order valence-corrected chi connectivity index (χ0v) is 13.4. The molecule has 3 heteroatoms. The van der Waals surface area contributed by atoms with Crippen LogP contribution >= 0.6 is 11.3 Å². The van der Waals surface area contributed by atoms with Crippen LogP contribution in [0.4, 0.5) is 0 Å². The number of nitrogens with zero attached hydrogens (tertiary/aromatic N) is 1. The van der Waals surface area contributed by atoms with Crippen LogP contribution in [0.1, 0.15) is 42.6 Å². The largest absolute Gasteiger partial charge is 0.304 e. The molecule has 0 fully saturated rings. The van der Waals surface area contributed by atoms with Gasteiger partial charge in [0.2, 0.25) is 0 Å². The fourth-order valence-electron chi connectivity index (χ4n) is 2.73. The average molecular weight is 296 g/mol. The number of aromatic nitrogens is 1. The van der Waals surface area contributed by atoms with Crippen molar-refractivity contribution in [2.45, 2.75) is 32.9 Å². The molecular weight excluding hydrogens is 276 g/mol. The molecule has 3 rings (SSSR count). The predicted octanol–water partition coefficient (Wildman–Crippen LogP) is 5.02. The van der Waals surface area contributed by atoms with E-state index in [9.17, 15) is 0 Å². The third-order valence-electron chi connectivity index (χ3n) is 3.98. The summed E-state index contributed by atoms with van der Waals surface area (Å²) in [5.74, 6) is 0. The number of pyridine rings is 1. The smallest absolute Gasteiger partial charge is 0.0809 e. The molecule has 0 bridgehead atoms. The fraction of sp³-hybridized carbons (Fsp3) is 0.278. The van der Waals surface area contributed by atoms with E-state index in [-0.39, 0.29) is 6.04 Å². The van der Waals surface area contributed by atoms with E-state index in [1.165, 1.54) is 21.4 Å². The number of benzene rings is 1. The molecule has 3 aromatic rings. The molecule has 0 spiro atoms. The first-order valence-electron chi connectivity index (χ1n) is 7.30. The number of rotatable bonds is 4. The molecule has 2 heterocycles. The van der Waals surface area contributed by atoms with Crippen molar-refractivity contribution < 1.29 is 0 Å². The number of fused-ring (bicyclic) bond motifs is 1. The zero-order chi connectivity index (χ0) is 14.8. The van der Waals surface area contributed by atoms with Gasteiger partial charge in [0.1, 0.15) is 0 Å². The molecule has 1 aromatic carbocycles. The average Bonchev–Trinajstić information content (AvgIpc) is 2.94. The van der Waals surface area contributed by atoms with Gasteiger partial charge in [-0.1, -0.05) is 24.3 Å². The van der Waals surface area contributed by atoms with Crippen LogP contribution in [0.2, 0.25) is 0 Å². The molecule has 0 saturated carbocycles. The van der Waals surface area contributed by atoms with E-state index >= 15 is 0 Å². The molecule has 0 aliphatic carbocycles. The summed E-state index contributed by atoms with van der Waals surface area (Å²) in [6, 6.07) is 13.5. The minimum absolute atomic E-state index is 0.276. The van der Waals surface area contributed by atoms with Crippen LogP contribution in [0.25, 0.3) is 10.2 Å². The SMILES string of the molecule is Cc1ccccc1[C@@H](C)NC(C)c1cnc2ccsc2c1. The monoisotopic (exact) mass is 296 g/mol. The second kappa shape index (κ2) is 5.96. The van der Waals surface area contributed by atoms with E-state index < -0.39 is 0 Å². The minimum atomic E-state index is 0.276. The van der Waals surface area contributed by atoms with E-state index in [0.717, 1.165) is 5.52 Å². The maximum atomic E-state index is 4.53. The Hall–Kier alpha value is -1.71. The Morgan fingerprint density at radius 2 is 1.90 bits per heavy atom. The van der Waals surface area contributed by atoms with Gasteiger partial charge in [-0.3, -0.25) is 4.98 Å². The van der Waals surface area contributed by atoms with Crippen molar-refractivity contribution in [1.29, 1.82) is 0 Å². The van der Waals surface area contributed by atoms with Gasteiger partial charge >= 0.3 is 0 Å². The standard InChI is InChI=1S/C18H20N2S/c1-12-6-4-5-7-16(12)14(3)20-13(2)15-10-18-17(19-11-15)8-9-21-18/h4-11,13-14,20H,1-3H3/t13?,14-/m1/s1. The van der Waals surface area contributed by atoms with Gasteiger partial charge in [-0.2, -0.15) is 0 Å². The molecule has 0 radical (unpaired) electrons.